The Labute approximate surface area is 238 Å². The number of anilines is 1. The first-order chi connectivity index (χ1) is 19.2. The fraction of sp³-hybridized carbons (Fsp3) is 0.483. The molecule has 0 spiro atoms. The maximum Gasteiger partial charge on any atom is 0.319 e. The molecule has 2 aliphatic heterocycles. The van der Waals surface area contributed by atoms with Crippen LogP contribution in [0.2, 0.25) is 5.02 Å². The summed E-state index contributed by atoms with van der Waals surface area (Å²) in [5.74, 6) is 0.114. The summed E-state index contributed by atoms with van der Waals surface area (Å²) in [7, 11) is 3.90. The van der Waals surface area contributed by atoms with Crippen molar-refractivity contribution in [1.82, 2.24) is 30.0 Å². The van der Waals surface area contributed by atoms with Crippen molar-refractivity contribution < 1.29 is 13.9 Å². The first-order valence-corrected chi connectivity index (χ1v) is 14.1. The van der Waals surface area contributed by atoms with Crippen LogP contribution < -0.4 is 15.0 Å². The highest BCUT2D eigenvalue weighted by Gasteiger charge is 2.29. The molecule has 2 aromatic heterocycles. The van der Waals surface area contributed by atoms with E-state index in [1.54, 1.807) is 16.9 Å². The lowest BCUT2D eigenvalue weighted by atomic mass is 9.96. The summed E-state index contributed by atoms with van der Waals surface area (Å²) in [6, 6.07) is 6.23. The van der Waals surface area contributed by atoms with Crippen molar-refractivity contribution in [2.75, 3.05) is 51.3 Å². The van der Waals surface area contributed by atoms with Gasteiger partial charge in [-0.2, -0.15) is 15.1 Å². The number of likely N-dealkylation sites (N-methyl/N-ethyl adjacent to an activating group) is 1. The predicted octanol–water partition coefficient (Wildman–Crippen LogP) is 4.18. The van der Waals surface area contributed by atoms with Crippen LogP contribution in [0.3, 0.4) is 0 Å². The second-order valence-corrected chi connectivity index (χ2v) is 11.5. The van der Waals surface area contributed by atoms with Crippen molar-refractivity contribution in [3.63, 3.8) is 0 Å². The van der Waals surface area contributed by atoms with Gasteiger partial charge in [-0.1, -0.05) is 23.7 Å². The van der Waals surface area contributed by atoms with Crippen LogP contribution in [-0.2, 0) is 11.8 Å². The smallest absolute Gasteiger partial charge is 0.319 e. The summed E-state index contributed by atoms with van der Waals surface area (Å²) in [4.78, 5) is 13.8. The monoisotopic (exact) mass is 567 g/mol. The number of nitrogens with zero attached hydrogens (tertiary/aromatic N) is 6. The van der Waals surface area contributed by atoms with Crippen LogP contribution in [0.1, 0.15) is 19.4 Å². The first-order valence-electron chi connectivity index (χ1n) is 13.8. The molecule has 6 rings (SSSR count). The number of halogens is 2. The van der Waals surface area contributed by atoms with Crippen LogP contribution in [0.4, 0.5) is 10.2 Å². The lowest BCUT2D eigenvalue weighted by molar-refractivity contribution is -0.0416. The molecule has 11 heteroatoms. The van der Waals surface area contributed by atoms with Gasteiger partial charge in [0.1, 0.15) is 24.0 Å². The van der Waals surface area contributed by atoms with Crippen LogP contribution in [0, 0.1) is 12.7 Å². The SMILES string of the molecule is Cc1ccc2cnn(C)c2c1-c1c(Cl)cc2c(N3C[C@@H](C)NC[C@@H]3C)nc(OCC3CN(C)CCO3)nc2c1F. The summed E-state index contributed by atoms with van der Waals surface area (Å²) in [6.45, 7) is 10.2. The van der Waals surface area contributed by atoms with Gasteiger partial charge in [-0.3, -0.25) is 4.68 Å². The number of ether oxygens (including phenoxy) is 2. The van der Waals surface area contributed by atoms with E-state index in [-0.39, 0.29) is 36.3 Å². The third-order valence-electron chi connectivity index (χ3n) is 7.98. The molecule has 1 unspecified atom stereocenters. The Hall–Kier alpha value is -3.05. The number of benzene rings is 2. The van der Waals surface area contributed by atoms with E-state index in [1.807, 2.05) is 26.1 Å². The molecular formula is C29H35ClFN7O2. The second-order valence-electron chi connectivity index (χ2n) is 11.1. The number of hydrogen-bond donors (Lipinski definition) is 1. The minimum Gasteiger partial charge on any atom is -0.461 e. The molecule has 0 radical (unpaired) electrons. The largest absolute Gasteiger partial charge is 0.461 e. The highest BCUT2D eigenvalue weighted by atomic mass is 35.5. The van der Waals surface area contributed by atoms with Crippen LogP contribution >= 0.6 is 11.6 Å². The number of aromatic nitrogens is 4. The van der Waals surface area contributed by atoms with Gasteiger partial charge in [0.15, 0.2) is 5.82 Å². The Morgan fingerprint density at radius 3 is 2.80 bits per heavy atom. The molecule has 0 saturated carbocycles. The molecule has 0 bridgehead atoms. The number of fused-ring (bicyclic) bond motifs is 2. The molecule has 212 valence electrons. The van der Waals surface area contributed by atoms with E-state index in [1.165, 1.54) is 0 Å². The van der Waals surface area contributed by atoms with E-state index in [0.29, 0.717) is 40.5 Å². The number of piperazine rings is 1. The predicted molar refractivity (Wildman–Crippen MR) is 156 cm³/mol. The van der Waals surface area contributed by atoms with E-state index in [0.717, 1.165) is 36.1 Å². The molecule has 2 saturated heterocycles. The van der Waals surface area contributed by atoms with E-state index in [2.05, 4.69) is 46.1 Å². The summed E-state index contributed by atoms with van der Waals surface area (Å²) in [5, 5.41) is 9.67. The number of hydrogen-bond acceptors (Lipinski definition) is 8. The maximum absolute atomic E-state index is 16.8. The third-order valence-corrected chi connectivity index (χ3v) is 8.28. The molecule has 3 atom stereocenters. The number of rotatable bonds is 5. The number of morpholine rings is 1. The molecule has 2 aromatic carbocycles. The van der Waals surface area contributed by atoms with Gasteiger partial charge in [0.2, 0.25) is 0 Å². The Bertz CT molecular complexity index is 1580. The quantitative estimate of drug-likeness (QED) is 0.385. The van der Waals surface area contributed by atoms with Crippen molar-refractivity contribution in [3.05, 3.63) is 40.8 Å². The zero-order valence-corrected chi connectivity index (χ0v) is 24.3. The van der Waals surface area contributed by atoms with Crippen molar-refractivity contribution in [2.24, 2.45) is 7.05 Å². The van der Waals surface area contributed by atoms with Crippen LogP contribution in [0.15, 0.2) is 24.4 Å². The Balaban J connectivity index is 1.52. The standard InChI is InChI=1S/C29H35ClFN7O2/c1-16-6-7-19-12-33-37(5)27(19)23(16)24-22(30)10-21-26(25(24)31)34-29(40-15-20-14-36(4)8-9-39-20)35-28(21)38-13-17(2)32-11-18(38)3/h6-7,10,12,17-18,20,32H,8-9,11,13-15H2,1-5H3/t17-,18+,20?/m1/s1. The van der Waals surface area contributed by atoms with Crippen molar-refractivity contribution in [2.45, 2.75) is 39.0 Å². The van der Waals surface area contributed by atoms with Crippen LogP contribution in [0.25, 0.3) is 32.9 Å². The van der Waals surface area contributed by atoms with Gasteiger partial charge in [-0.25, -0.2) is 4.39 Å². The maximum atomic E-state index is 16.8. The Kier molecular flexibility index (Phi) is 7.28. The summed E-state index contributed by atoms with van der Waals surface area (Å²) in [6.07, 6.45) is 1.66. The lowest BCUT2D eigenvalue weighted by Gasteiger charge is -2.39. The van der Waals surface area contributed by atoms with Crippen LogP contribution in [-0.4, -0.2) is 89.3 Å². The molecule has 4 aromatic rings. The molecule has 4 heterocycles. The van der Waals surface area contributed by atoms with E-state index >= 15 is 4.39 Å². The van der Waals surface area contributed by atoms with Gasteiger partial charge in [0.25, 0.3) is 0 Å². The van der Waals surface area contributed by atoms with E-state index in [9.17, 15) is 0 Å². The first kappa shape index (κ1) is 27.1. The normalized spacial score (nSPS) is 22.4. The molecule has 1 N–H and O–H groups in total. The Morgan fingerprint density at radius 2 is 2.00 bits per heavy atom. The third kappa shape index (κ3) is 4.87. The summed E-state index contributed by atoms with van der Waals surface area (Å²) >= 11 is 6.92. The fourth-order valence-corrected chi connectivity index (χ4v) is 6.09. The average Bonchev–Trinajstić information content (AvgIpc) is 3.30. The van der Waals surface area contributed by atoms with Gasteiger partial charge < -0.3 is 24.6 Å². The summed E-state index contributed by atoms with van der Waals surface area (Å²) < 4.78 is 30.5. The minimum atomic E-state index is -0.503. The number of aryl methyl sites for hydroxylation is 2. The molecule has 0 aliphatic carbocycles. The van der Waals surface area contributed by atoms with E-state index < -0.39 is 5.82 Å². The minimum absolute atomic E-state index is 0.115. The summed E-state index contributed by atoms with van der Waals surface area (Å²) in [5.41, 5.74) is 2.89. The van der Waals surface area contributed by atoms with Gasteiger partial charge in [-0.15, -0.1) is 0 Å². The molecule has 2 aliphatic rings. The highest BCUT2D eigenvalue weighted by molar-refractivity contribution is 6.35. The fourth-order valence-electron chi connectivity index (χ4n) is 5.81. The van der Waals surface area contributed by atoms with Crippen LogP contribution in [0.5, 0.6) is 6.01 Å². The average molecular weight is 568 g/mol. The second kappa shape index (κ2) is 10.7. The van der Waals surface area contributed by atoms with Crippen molar-refractivity contribution in [3.8, 4) is 17.1 Å². The number of nitrogens with one attached hydrogen (secondary N) is 1. The molecule has 9 nitrogen and oxygen atoms in total. The van der Waals surface area contributed by atoms with Crippen molar-refractivity contribution in [1.29, 1.82) is 0 Å². The van der Waals surface area contributed by atoms with Gasteiger partial charge >= 0.3 is 6.01 Å². The van der Waals surface area contributed by atoms with Gasteiger partial charge in [-0.05, 0) is 39.4 Å². The zero-order valence-electron chi connectivity index (χ0n) is 23.5. The molecule has 2 fully saturated rings. The van der Waals surface area contributed by atoms with Gasteiger partial charge in [0, 0.05) is 67.2 Å². The topological polar surface area (TPSA) is 80.6 Å². The molecule has 40 heavy (non-hydrogen) atoms. The Morgan fingerprint density at radius 1 is 1.18 bits per heavy atom. The zero-order chi connectivity index (χ0) is 28.1. The highest BCUT2D eigenvalue weighted by Crippen LogP contribution is 2.42. The van der Waals surface area contributed by atoms with Crippen molar-refractivity contribution >= 4 is 39.2 Å². The van der Waals surface area contributed by atoms with E-state index in [4.69, 9.17) is 26.1 Å². The molecule has 0 amide bonds. The lowest BCUT2D eigenvalue weighted by Crippen LogP contribution is -2.54. The molecular weight excluding hydrogens is 533 g/mol. The van der Waals surface area contributed by atoms with Gasteiger partial charge in [0.05, 0.1) is 23.3 Å².